The number of thiazole rings is 1. The summed E-state index contributed by atoms with van der Waals surface area (Å²) >= 11 is 1.40. The third-order valence-electron chi connectivity index (χ3n) is 1.28. The molecule has 0 aliphatic rings. The Bertz CT molecular complexity index is 259. The molecule has 0 amide bonds. The van der Waals surface area contributed by atoms with E-state index in [0.717, 1.165) is 0 Å². The SMILES string of the molecule is Nc1scc[n+]1CCC(=O)O. The average Bonchev–Trinajstić information content (AvgIpc) is 2.31. The third kappa shape index (κ3) is 2.19. The van der Waals surface area contributed by atoms with E-state index in [1.54, 1.807) is 10.8 Å². The molecule has 5 heteroatoms. The van der Waals surface area contributed by atoms with Gasteiger partial charge < -0.3 is 5.11 Å². The highest BCUT2D eigenvalue weighted by molar-refractivity contribution is 7.12. The summed E-state index contributed by atoms with van der Waals surface area (Å²) in [6, 6.07) is 0. The van der Waals surface area contributed by atoms with Crippen molar-refractivity contribution in [1.29, 1.82) is 0 Å². The van der Waals surface area contributed by atoms with Gasteiger partial charge in [-0.2, -0.15) is 0 Å². The lowest BCUT2D eigenvalue weighted by molar-refractivity contribution is -0.677. The van der Waals surface area contributed by atoms with Crippen LogP contribution in [0.15, 0.2) is 11.6 Å². The van der Waals surface area contributed by atoms with Crippen LogP contribution in [0.3, 0.4) is 0 Å². The average molecular weight is 173 g/mol. The number of carbonyl (C=O) groups is 1. The number of aliphatic carboxylic acids is 1. The van der Waals surface area contributed by atoms with Crippen LogP contribution in [0.25, 0.3) is 0 Å². The Morgan fingerprint density at radius 1 is 1.82 bits per heavy atom. The van der Waals surface area contributed by atoms with E-state index in [2.05, 4.69) is 0 Å². The van der Waals surface area contributed by atoms with E-state index >= 15 is 0 Å². The second-order valence-corrected chi connectivity index (χ2v) is 3.00. The van der Waals surface area contributed by atoms with Gasteiger partial charge in [0.25, 0.3) is 0 Å². The molecule has 60 valence electrons. The Kier molecular flexibility index (Phi) is 2.43. The summed E-state index contributed by atoms with van der Waals surface area (Å²) in [5, 5.41) is 10.8. The molecule has 0 spiro atoms. The summed E-state index contributed by atoms with van der Waals surface area (Å²) in [5.74, 6) is -0.803. The van der Waals surface area contributed by atoms with Crippen molar-refractivity contribution in [3.8, 4) is 0 Å². The maximum absolute atomic E-state index is 10.2. The van der Waals surface area contributed by atoms with Gasteiger partial charge in [0, 0.05) is 5.38 Å². The molecule has 0 unspecified atom stereocenters. The van der Waals surface area contributed by atoms with Gasteiger partial charge in [-0.05, 0) is 0 Å². The molecule has 1 rings (SSSR count). The summed E-state index contributed by atoms with van der Waals surface area (Å²) in [4.78, 5) is 10.2. The second kappa shape index (κ2) is 3.34. The van der Waals surface area contributed by atoms with Crippen LogP contribution in [0.5, 0.6) is 0 Å². The highest BCUT2D eigenvalue weighted by atomic mass is 32.1. The molecular formula is C6H9N2O2S+. The molecule has 4 nitrogen and oxygen atoms in total. The summed E-state index contributed by atoms with van der Waals surface area (Å²) in [7, 11) is 0. The lowest BCUT2D eigenvalue weighted by Gasteiger charge is -1.92. The van der Waals surface area contributed by atoms with Crippen molar-refractivity contribution in [3.63, 3.8) is 0 Å². The highest BCUT2D eigenvalue weighted by Crippen LogP contribution is 2.02. The monoisotopic (exact) mass is 173 g/mol. The molecule has 0 bridgehead atoms. The normalized spacial score (nSPS) is 9.82. The molecule has 0 saturated heterocycles. The number of nitrogen functional groups attached to an aromatic ring is 1. The predicted octanol–water partition coefficient (Wildman–Crippen LogP) is 0.0925. The molecular weight excluding hydrogens is 164 g/mol. The van der Waals surface area contributed by atoms with Crippen molar-refractivity contribution < 1.29 is 14.5 Å². The first kappa shape index (κ1) is 8.00. The minimum atomic E-state index is -0.803. The van der Waals surface area contributed by atoms with Gasteiger partial charge in [0.15, 0.2) is 0 Å². The van der Waals surface area contributed by atoms with E-state index in [9.17, 15) is 4.79 Å². The van der Waals surface area contributed by atoms with Gasteiger partial charge in [0.05, 0.1) is 6.42 Å². The molecule has 0 aromatic carbocycles. The van der Waals surface area contributed by atoms with E-state index in [0.29, 0.717) is 11.7 Å². The summed E-state index contributed by atoms with van der Waals surface area (Å²) < 4.78 is 1.72. The van der Waals surface area contributed by atoms with Crippen LogP contribution >= 0.6 is 11.3 Å². The number of nitrogens with zero attached hydrogens (tertiary/aromatic N) is 1. The van der Waals surface area contributed by atoms with Crippen molar-refractivity contribution in [3.05, 3.63) is 11.6 Å². The molecule has 0 saturated carbocycles. The first-order valence-electron chi connectivity index (χ1n) is 3.14. The van der Waals surface area contributed by atoms with Crippen molar-refractivity contribution >= 4 is 22.4 Å². The number of aromatic nitrogens is 1. The Morgan fingerprint density at radius 3 is 3.00 bits per heavy atom. The number of carboxylic acids is 1. The van der Waals surface area contributed by atoms with Crippen LogP contribution in [-0.2, 0) is 11.3 Å². The maximum atomic E-state index is 10.2. The smallest absolute Gasteiger partial charge is 0.331 e. The lowest BCUT2D eigenvalue weighted by Crippen LogP contribution is -2.34. The number of rotatable bonds is 3. The molecule has 1 heterocycles. The zero-order chi connectivity index (χ0) is 8.27. The van der Waals surface area contributed by atoms with Crippen LogP contribution < -0.4 is 10.3 Å². The fourth-order valence-corrected chi connectivity index (χ4v) is 1.35. The van der Waals surface area contributed by atoms with Crippen LogP contribution in [0.2, 0.25) is 0 Å². The molecule has 3 N–H and O–H groups in total. The number of nitrogens with two attached hydrogens (primary N) is 1. The van der Waals surface area contributed by atoms with Gasteiger partial charge in [-0.15, -0.1) is 0 Å². The van der Waals surface area contributed by atoms with Gasteiger partial charge in [-0.25, -0.2) is 4.57 Å². The van der Waals surface area contributed by atoms with Crippen LogP contribution in [-0.4, -0.2) is 11.1 Å². The van der Waals surface area contributed by atoms with Crippen molar-refractivity contribution in [2.75, 3.05) is 5.73 Å². The fraction of sp³-hybridized carbons (Fsp3) is 0.333. The third-order valence-corrected chi connectivity index (χ3v) is 2.01. The lowest BCUT2D eigenvalue weighted by atomic mass is 10.4. The van der Waals surface area contributed by atoms with Gasteiger partial charge in [-0.3, -0.25) is 10.5 Å². The zero-order valence-corrected chi connectivity index (χ0v) is 6.67. The summed E-state index contributed by atoms with van der Waals surface area (Å²) in [5.41, 5.74) is 5.52. The van der Waals surface area contributed by atoms with Gasteiger partial charge in [0.1, 0.15) is 12.7 Å². The molecule has 11 heavy (non-hydrogen) atoms. The van der Waals surface area contributed by atoms with E-state index in [1.165, 1.54) is 11.3 Å². The van der Waals surface area contributed by atoms with Crippen LogP contribution in [0.4, 0.5) is 5.13 Å². The van der Waals surface area contributed by atoms with Crippen molar-refractivity contribution in [2.45, 2.75) is 13.0 Å². The first-order chi connectivity index (χ1) is 5.20. The number of carboxylic acid groups (broad SMARTS) is 1. The largest absolute Gasteiger partial charge is 0.481 e. The standard InChI is InChI=1S/C6H8N2O2S/c7-6-8(3-4-11-6)2-1-5(9)10/h3-4,7H,1-2H2,(H,9,10)/p+1. The minimum absolute atomic E-state index is 0.117. The van der Waals surface area contributed by atoms with Crippen molar-refractivity contribution in [2.24, 2.45) is 0 Å². The van der Waals surface area contributed by atoms with Gasteiger partial charge in [-0.1, -0.05) is 11.3 Å². The fourth-order valence-electron chi connectivity index (χ4n) is 0.716. The maximum Gasteiger partial charge on any atom is 0.331 e. The quantitative estimate of drug-likeness (QED) is 0.637. The summed E-state index contributed by atoms with van der Waals surface area (Å²) in [6.45, 7) is 0.449. The first-order valence-corrected chi connectivity index (χ1v) is 4.02. The number of hydrogen-bond acceptors (Lipinski definition) is 3. The van der Waals surface area contributed by atoms with Gasteiger partial charge in [0.2, 0.25) is 0 Å². The van der Waals surface area contributed by atoms with E-state index in [4.69, 9.17) is 10.8 Å². The Balaban J connectivity index is 2.51. The van der Waals surface area contributed by atoms with Gasteiger partial charge >= 0.3 is 11.1 Å². The molecule has 0 radical (unpaired) electrons. The van der Waals surface area contributed by atoms with Crippen LogP contribution in [0.1, 0.15) is 6.42 Å². The predicted molar refractivity (Wildman–Crippen MR) is 41.2 cm³/mol. The van der Waals surface area contributed by atoms with E-state index in [1.807, 2.05) is 5.38 Å². The van der Waals surface area contributed by atoms with E-state index in [-0.39, 0.29) is 6.42 Å². The Morgan fingerprint density at radius 2 is 2.55 bits per heavy atom. The van der Waals surface area contributed by atoms with Crippen LogP contribution in [0, 0.1) is 0 Å². The second-order valence-electron chi connectivity index (χ2n) is 2.08. The topological polar surface area (TPSA) is 67.2 Å². The Hall–Kier alpha value is -1.10. The molecule has 0 aliphatic carbocycles. The minimum Gasteiger partial charge on any atom is -0.481 e. The number of hydrogen-bond donors (Lipinski definition) is 2. The molecule has 0 atom stereocenters. The van der Waals surface area contributed by atoms with E-state index < -0.39 is 5.97 Å². The molecule has 0 aliphatic heterocycles. The Labute approximate surface area is 67.9 Å². The molecule has 0 fully saturated rings. The summed E-state index contributed by atoms with van der Waals surface area (Å²) in [6.07, 6.45) is 1.90. The highest BCUT2D eigenvalue weighted by Gasteiger charge is 2.06. The molecule has 1 aromatic heterocycles. The van der Waals surface area contributed by atoms with Crippen molar-refractivity contribution in [1.82, 2.24) is 0 Å². The number of aryl methyl sites for hydroxylation is 1. The zero-order valence-electron chi connectivity index (χ0n) is 5.86. The molecule has 1 aromatic rings. The number of anilines is 1.